The Kier molecular flexibility index (Phi) is 5.25. The molecule has 106 valence electrons. The summed E-state index contributed by atoms with van der Waals surface area (Å²) in [4.78, 5) is 13.4. The zero-order valence-electron chi connectivity index (χ0n) is 12.1. The molecule has 0 heterocycles. The standard InChI is InChI=1S/C18H18N2O/c1-20(13-15-8-4-2-5-9-15)14-18(21)17(12-19)16-10-6-3-7-11-16/h2-11,17H,13-14H2,1H3/p+1/t17-/m0/s1. The number of ketones is 1. The number of quaternary nitrogens is 1. The molecule has 3 nitrogen and oxygen atoms in total. The number of hydrogen-bond donors (Lipinski definition) is 1. The first-order chi connectivity index (χ1) is 10.2. The number of carbonyl (C=O) groups is 1. The lowest BCUT2D eigenvalue weighted by atomic mass is 9.96. The molecule has 0 aromatic heterocycles. The predicted molar refractivity (Wildman–Crippen MR) is 81.7 cm³/mol. The van der Waals surface area contributed by atoms with Crippen LogP contribution in [0.3, 0.4) is 0 Å². The molecule has 0 aliphatic carbocycles. The molecule has 0 fully saturated rings. The minimum absolute atomic E-state index is 0.0304. The summed E-state index contributed by atoms with van der Waals surface area (Å²) in [5.74, 6) is -0.700. The Morgan fingerprint density at radius 2 is 1.67 bits per heavy atom. The molecular formula is C18H19N2O+. The fraction of sp³-hybridized carbons (Fsp3) is 0.222. The van der Waals surface area contributed by atoms with Gasteiger partial charge in [0.2, 0.25) is 5.78 Å². The van der Waals surface area contributed by atoms with Gasteiger partial charge in [-0.25, -0.2) is 0 Å². The SMILES string of the molecule is C[NH+](CC(=O)[C@@H](C#N)c1ccccc1)Cc1ccccc1. The quantitative estimate of drug-likeness (QED) is 0.872. The first-order valence-electron chi connectivity index (χ1n) is 7.03. The van der Waals surface area contributed by atoms with Crippen LogP contribution in [0.4, 0.5) is 0 Å². The first kappa shape index (κ1) is 15.0. The van der Waals surface area contributed by atoms with E-state index < -0.39 is 5.92 Å². The number of nitrogens with one attached hydrogen (secondary N) is 1. The predicted octanol–water partition coefficient (Wildman–Crippen LogP) is 1.58. The third kappa shape index (κ3) is 4.27. The summed E-state index contributed by atoms with van der Waals surface area (Å²) in [5, 5.41) is 9.27. The summed E-state index contributed by atoms with van der Waals surface area (Å²) in [6, 6.07) is 21.4. The van der Waals surface area contributed by atoms with Gasteiger partial charge in [-0.05, 0) is 5.56 Å². The highest BCUT2D eigenvalue weighted by Crippen LogP contribution is 2.14. The van der Waals surface area contributed by atoms with Gasteiger partial charge in [-0.2, -0.15) is 5.26 Å². The maximum absolute atomic E-state index is 12.3. The first-order valence-corrected chi connectivity index (χ1v) is 7.03. The molecule has 1 N–H and O–H groups in total. The fourth-order valence-corrected chi connectivity index (χ4v) is 2.38. The van der Waals surface area contributed by atoms with Crippen molar-refractivity contribution in [1.82, 2.24) is 0 Å². The minimum atomic E-state index is -0.670. The molecule has 0 aliphatic heterocycles. The second-order valence-corrected chi connectivity index (χ2v) is 5.24. The van der Waals surface area contributed by atoms with Crippen LogP contribution in [0.25, 0.3) is 0 Å². The van der Waals surface area contributed by atoms with Gasteiger partial charge in [0.15, 0.2) is 0 Å². The number of Topliss-reactive ketones (excluding diaryl/α,β-unsaturated/α-hetero) is 1. The lowest BCUT2D eigenvalue weighted by Crippen LogP contribution is -3.08. The van der Waals surface area contributed by atoms with Gasteiger partial charge in [0, 0.05) is 5.56 Å². The maximum Gasteiger partial charge on any atom is 0.208 e. The molecular weight excluding hydrogens is 260 g/mol. The highest BCUT2D eigenvalue weighted by Gasteiger charge is 2.23. The molecule has 2 aromatic carbocycles. The summed E-state index contributed by atoms with van der Waals surface area (Å²) in [7, 11) is 1.98. The third-order valence-corrected chi connectivity index (χ3v) is 3.41. The summed E-state index contributed by atoms with van der Waals surface area (Å²) in [6.45, 7) is 1.13. The second-order valence-electron chi connectivity index (χ2n) is 5.24. The number of hydrogen-bond acceptors (Lipinski definition) is 2. The van der Waals surface area contributed by atoms with Gasteiger partial charge < -0.3 is 4.90 Å². The van der Waals surface area contributed by atoms with Gasteiger partial charge in [-0.3, -0.25) is 4.79 Å². The monoisotopic (exact) mass is 279 g/mol. The Morgan fingerprint density at radius 1 is 1.10 bits per heavy atom. The van der Waals surface area contributed by atoms with Crippen LogP contribution in [-0.2, 0) is 11.3 Å². The summed E-state index contributed by atoms with van der Waals surface area (Å²) in [6.07, 6.45) is 0. The summed E-state index contributed by atoms with van der Waals surface area (Å²) in [5.41, 5.74) is 1.97. The number of rotatable bonds is 6. The smallest absolute Gasteiger partial charge is 0.208 e. The average Bonchev–Trinajstić information content (AvgIpc) is 2.50. The van der Waals surface area contributed by atoms with E-state index in [2.05, 4.69) is 6.07 Å². The van der Waals surface area contributed by atoms with Crippen LogP contribution in [-0.4, -0.2) is 19.4 Å². The number of nitriles is 1. The average molecular weight is 279 g/mol. The van der Waals surface area contributed by atoms with Crippen molar-refractivity contribution in [1.29, 1.82) is 5.26 Å². The van der Waals surface area contributed by atoms with Crippen molar-refractivity contribution in [3.05, 3.63) is 71.8 Å². The molecule has 0 aliphatic rings. The van der Waals surface area contributed by atoms with Crippen LogP contribution >= 0.6 is 0 Å². The van der Waals surface area contributed by atoms with Crippen molar-refractivity contribution < 1.29 is 9.69 Å². The molecule has 0 bridgehead atoms. The van der Waals surface area contributed by atoms with Crippen LogP contribution in [0.2, 0.25) is 0 Å². The number of benzene rings is 2. The zero-order chi connectivity index (χ0) is 15.1. The van der Waals surface area contributed by atoms with Gasteiger partial charge in [-0.15, -0.1) is 0 Å². The van der Waals surface area contributed by atoms with E-state index in [1.807, 2.05) is 67.7 Å². The summed E-state index contributed by atoms with van der Waals surface area (Å²) < 4.78 is 0. The summed E-state index contributed by atoms with van der Waals surface area (Å²) >= 11 is 0. The fourth-order valence-electron chi connectivity index (χ4n) is 2.38. The lowest BCUT2D eigenvalue weighted by Gasteiger charge is -2.15. The van der Waals surface area contributed by atoms with Gasteiger partial charge in [0.25, 0.3) is 0 Å². The molecule has 0 saturated carbocycles. The lowest BCUT2D eigenvalue weighted by molar-refractivity contribution is -0.885. The van der Waals surface area contributed by atoms with E-state index in [4.69, 9.17) is 0 Å². The molecule has 0 spiro atoms. The van der Waals surface area contributed by atoms with Gasteiger partial charge in [0.1, 0.15) is 19.0 Å². The van der Waals surface area contributed by atoms with Crippen LogP contribution < -0.4 is 4.90 Å². The third-order valence-electron chi connectivity index (χ3n) is 3.41. The van der Waals surface area contributed by atoms with E-state index in [0.717, 1.165) is 17.0 Å². The highest BCUT2D eigenvalue weighted by molar-refractivity contribution is 5.89. The Labute approximate surface area is 125 Å². The Bertz CT molecular complexity index is 617. The molecule has 0 saturated heterocycles. The van der Waals surface area contributed by atoms with E-state index >= 15 is 0 Å². The van der Waals surface area contributed by atoms with Crippen LogP contribution in [0.1, 0.15) is 17.0 Å². The van der Waals surface area contributed by atoms with Gasteiger partial charge >= 0.3 is 0 Å². The van der Waals surface area contributed by atoms with Crippen LogP contribution in [0.5, 0.6) is 0 Å². The van der Waals surface area contributed by atoms with Crippen molar-refractivity contribution in [3.8, 4) is 6.07 Å². The Morgan fingerprint density at radius 3 is 2.24 bits per heavy atom. The van der Waals surface area contributed by atoms with Crippen LogP contribution in [0, 0.1) is 11.3 Å². The Balaban J connectivity index is 1.98. The normalized spacial score (nSPS) is 13.1. The van der Waals surface area contributed by atoms with Crippen molar-refractivity contribution >= 4 is 5.78 Å². The van der Waals surface area contributed by atoms with Crippen molar-refractivity contribution in [2.45, 2.75) is 12.5 Å². The molecule has 3 heteroatoms. The number of likely N-dealkylation sites (N-methyl/N-ethyl adjacent to an activating group) is 1. The Hall–Kier alpha value is -2.44. The molecule has 21 heavy (non-hydrogen) atoms. The van der Waals surface area contributed by atoms with E-state index in [0.29, 0.717) is 6.54 Å². The largest absolute Gasteiger partial charge is 0.327 e. The highest BCUT2D eigenvalue weighted by atomic mass is 16.1. The molecule has 0 amide bonds. The molecule has 0 radical (unpaired) electrons. The van der Waals surface area contributed by atoms with Crippen molar-refractivity contribution in [2.75, 3.05) is 13.6 Å². The van der Waals surface area contributed by atoms with E-state index in [-0.39, 0.29) is 5.78 Å². The van der Waals surface area contributed by atoms with Crippen LogP contribution in [0.15, 0.2) is 60.7 Å². The van der Waals surface area contributed by atoms with E-state index in [9.17, 15) is 10.1 Å². The molecule has 2 aromatic rings. The van der Waals surface area contributed by atoms with Gasteiger partial charge in [0.05, 0.1) is 13.1 Å². The topological polar surface area (TPSA) is 45.3 Å². The second kappa shape index (κ2) is 7.37. The number of carbonyl (C=O) groups excluding carboxylic acids is 1. The number of nitrogens with zero attached hydrogens (tertiary/aromatic N) is 1. The maximum atomic E-state index is 12.3. The van der Waals surface area contributed by atoms with E-state index in [1.54, 1.807) is 0 Å². The zero-order valence-corrected chi connectivity index (χ0v) is 12.1. The van der Waals surface area contributed by atoms with E-state index in [1.165, 1.54) is 5.56 Å². The van der Waals surface area contributed by atoms with Crippen molar-refractivity contribution in [2.24, 2.45) is 0 Å². The molecule has 2 rings (SSSR count). The minimum Gasteiger partial charge on any atom is -0.327 e. The van der Waals surface area contributed by atoms with Crippen molar-refractivity contribution in [3.63, 3.8) is 0 Å². The van der Waals surface area contributed by atoms with Gasteiger partial charge in [-0.1, -0.05) is 60.7 Å². The molecule has 2 atom stereocenters. The molecule has 1 unspecified atom stereocenters.